The van der Waals surface area contributed by atoms with Crippen molar-refractivity contribution in [2.75, 3.05) is 0 Å². The van der Waals surface area contributed by atoms with Gasteiger partial charge in [0.1, 0.15) is 0 Å². The van der Waals surface area contributed by atoms with E-state index in [1.807, 2.05) is 0 Å². The van der Waals surface area contributed by atoms with Crippen LogP contribution in [-0.4, -0.2) is 0 Å². The van der Waals surface area contributed by atoms with Crippen LogP contribution >= 0.6 is 0 Å². The summed E-state index contributed by atoms with van der Waals surface area (Å²) >= 11 is 0. The van der Waals surface area contributed by atoms with Gasteiger partial charge in [-0.2, -0.15) is 0 Å². The summed E-state index contributed by atoms with van der Waals surface area (Å²) in [6.45, 7) is 14.0. The fourth-order valence-corrected chi connectivity index (χ4v) is 1.99. The molecule has 12 heavy (non-hydrogen) atoms. The molecule has 0 aliphatic heterocycles. The molecule has 0 radical (unpaired) electrons. The summed E-state index contributed by atoms with van der Waals surface area (Å²) in [7, 11) is 0. The molecule has 0 N–H and O–H groups in total. The first-order chi connectivity index (χ1) is 5.23. The standard InChI is InChI=1S/C12H22/c1-11(2,3)9-7-8-10(9)12(4,5)6/h7-10H,1-6H3. The van der Waals surface area contributed by atoms with Crippen LogP contribution in [0.3, 0.4) is 0 Å². The Morgan fingerprint density at radius 3 is 1.00 bits per heavy atom. The van der Waals surface area contributed by atoms with E-state index in [1.54, 1.807) is 0 Å². The average Bonchev–Trinajstić information content (AvgIpc) is 1.46. The Bertz CT molecular complexity index is 163. The van der Waals surface area contributed by atoms with Gasteiger partial charge in [0.2, 0.25) is 0 Å². The Morgan fingerprint density at radius 1 is 0.667 bits per heavy atom. The zero-order valence-corrected chi connectivity index (χ0v) is 9.31. The highest BCUT2D eigenvalue weighted by atomic mass is 14.4. The van der Waals surface area contributed by atoms with Gasteiger partial charge in [-0.15, -0.1) is 0 Å². The van der Waals surface area contributed by atoms with Crippen LogP contribution in [0.4, 0.5) is 0 Å². The van der Waals surface area contributed by atoms with Crippen LogP contribution in [0, 0.1) is 22.7 Å². The maximum atomic E-state index is 2.37. The monoisotopic (exact) mass is 166 g/mol. The predicted octanol–water partition coefficient (Wildman–Crippen LogP) is 3.88. The zero-order chi connectivity index (χ0) is 9.57. The van der Waals surface area contributed by atoms with Crippen LogP contribution in [0.5, 0.6) is 0 Å². The summed E-state index contributed by atoms with van der Waals surface area (Å²) in [6, 6.07) is 0. The molecule has 70 valence electrons. The third-order valence-corrected chi connectivity index (χ3v) is 2.91. The summed E-state index contributed by atoms with van der Waals surface area (Å²) in [4.78, 5) is 0. The molecule has 0 fully saturated rings. The van der Waals surface area contributed by atoms with Crippen molar-refractivity contribution in [1.29, 1.82) is 0 Å². The van der Waals surface area contributed by atoms with Gasteiger partial charge in [-0.05, 0) is 22.7 Å². The molecule has 0 saturated heterocycles. The first-order valence-electron chi connectivity index (χ1n) is 4.91. The smallest absolute Gasteiger partial charge is 0.0117 e. The van der Waals surface area contributed by atoms with E-state index < -0.39 is 0 Å². The molecule has 2 atom stereocenters. The maximum Gasteiger partial charge on any atom is -0.0117 e. The van der Waals surface area contributed by atoms with Crippen molar-refractivity contribution in [1.82, 2.24) is 0 Å². The highest BCUT2D eigenvalue weighted by Gasteiger charge is 2.40. The summed E-state index contributed by atoms with van der Waals surface area (Å²) < 4.78 is 0. The van der Waals surface area contributed by atoms with Crippen molar-refractivity contribution in [3.05, 3.63) is 12.2 Å². The van der Waals surface area contributed by atoms with E-state index in [4.69, 9.17) is 0 Å². The molecule has 0 amide bonds. The van der Waals surface area contributed by atoms with Crippen LogP contribution in [0.25, 0.3) is 0 Å². The largest absolute Gasteiger partial charge is 0.0840 e. The van der Waals surface area contributed by atoms with Crippen molar-refractivity contribution < 1.29 is 0 Å². The van der Waals surface area contributed by atoms with E-state index in [9.17, 15) is 0 Å². The van der Waals surface area contributed by atoms with E-state index >= 15 is 0 Å². The zero-order valence-electron chi connectivity index (χ0n) is 9.31. The first kappa shape index (κ1) is 9.83. The second-order valence-corrected chi connectivity index (χ2v) is 6.17. The molecular weight excluding hydrogens is 144 g/mol. The van der Waals surface area contributed by atoms with E-state index in [1.165, 1.54) is 0 Å². The predicted molar refractivity (Wildman–Crippen MR) is 55.0 cm³/mol. The topological polar surface area (TPSA) is 0 Å². The Balaban J connectivity index is 2.71. The first-order valence-corrected chi connectivity index (χ1v) is 4.91. The molecule has 0 aromatic rings. The van der Waals surface area contributed by atoms with E-state index in [0.29, 0.717) is 10.8 Å². The van der Waals surface area contributed by atoms with Crippen molar-refractivity contribution >= 4 is 0 Å². The number of hydrogen-bond acceptors (Lipinski definition) is 0. The van der Waals surface area contributed by atoms with Crippen LogP contribution < -0.4 is 0 Å². The average molecular weight is 166 g/mol. The lowest BCUT2D eigenvalue weighted by Crippen LogP contribution is -2.38. The molecule has 0 aromatic carbocycles. The molecule has 0 saturated carbocycles. The minimum atomic E-state index is 0.437. The van der Waals surface area contributed by atoms with Gasteiger partial charge in [0.25, 0.3) is 0 Å². The van der Waals surface area contributed by atoms with E-state index in [0.717, 1.165) is 11.8 Å². The van der Waals surface area contributed by atoms with Crippen LogP contribution in [0.2, 0.25) is 0 Å². The lowest BCUT2D eigenvalue weighted by atomic mass is 9.59. The molecule has 1 rings (SSSR count). The molecule has 0 heteroatoms. The third kappa shape index (κ3) is 1.73. The quantitative estimate of drug-likeness (QED) is 0.479. The summed E-state index contributed by atoms with van der Waals surface area (Å²) in [5, 5.41) is 0. The van der Waals surface area contributed by atoms with Crippen LogP contribution in [-0.2, 0) is 0 Å². The summed E-state index contributed by atoms with van der Waals surface area (Å²) in [6.07, 6.45) is 4.74. The van der Waals surface area contributed by atoms with Gasteiger partial charge in [-0.25, -0.2) is 0 Å². The van der Waals surface area contributed by atoms with Gasteiger partial charge in [-0.1, -0.05) is 53.7 Å². The molecule has 0 aromatic heterocycles. The van der Waals surface area contributed by atoms with Crippen molar-refractivity contribution in [3.8, 4) is 0 Å². The molecule has 0 heterocycles. The van der Waals surface area contributed by atoms with Gasteiger partial charge >= 0.3 is 0 Å². The maximum absolute atomic E-state index is 2.37. The minimum Gasteiger partial charge on any atom is -0.0840 e. The van der Waals surface area contributed by atoms with E-state index in [-0.39, 0.29) is 0 Å². The second-order valence-electron chi connectivity index (χ2n) is 6.17. The molecule has 0 bridgehead atoms. The van der Waals surface area contributed by atoms with Gasteiger partial charge in [0.05, 0.1) is 0 Å². The highest BCUT2D eigenvalue weighted by Crippen LogP contribution is 2.48. The molecule has 1 aliphatic rings. The van der Waals surface area contributed by atoms with Gasteiger partial charge in [-0.3, -0.25) is 0 Å². The Kier molecular flexibility index (Phi) is 2.14. The van der Waals surface area contributed by atoms with Crippen molar-refractivity contribution in [2.24, 2.45) is 22.7 Å². The van der Waals surface area contributed by atoms with Crippen LogP contribution in [0.1, 0.15) is 41.5 Å². The third-order valence-electron chi connectivity index (χ3n) is 2.91. The van der Waals surface area contributed by atoms with Gasteiger partial charge in [0.15, 0.2) is 0 Å². The molecule has 2 unspecified atom stereocenters. The Hall–Kier alpha value is -0.260. The van der Waals surface area contributed by atoms with Gasteiger partial charge in [0, 0.05) is 0 Å². The molecule has 0 nitrogen and oxygen atoms in total. The normalized spacial score (nSPS) is 30.2. The van der Waals surface area contributed by atoms with E-state index in [2.05, 4.69) is 53.7 Å². The number of hydrogen-bond donors (Lipinski definition) is 0. The summed E-state index contributed by atoms with van der Waals surface area (Å²) in [5.74, 6) is 1.55. The van der Waals surface area contributed by atoms with Crippen molar-refractivity contribution in [3.63, 3.8) is 0 Å². The van der Waals surface area contributed by atoms with Crippen LogP contribution in [0.15, 0.2) is 12.2 Å². The fourth-order valence-electron chi connectivity index (χ4n) is 1.99. The fraction of sp³-hybridized carbons (Fsp3) is 0.833. The lowest BCUT2D eigenvalue weighted by Gasteiger charge is -2.46. The number of allylic oxidation sites excluding steroid dienone is 2. The Morgan fingerprint density at radius 2 is 0.917 bits per heavy atom. The van der Waals surface area contributed by atoms with Gasteiger partial charge < -0.3 is 0 Å². The lowest BCUT2D eigenvalue weighted by molar-refractivity contribution is 0.118. The second kappa shape index (κ2) is 2.61. The number of rotatable bonds is 0. The SMILES string of the molecule is CC(C)(C)C1C=CC1C(C)(C)C. The minimum absolute atomic E-state index is 0.437. The molecule has 1 aliphatic carbocycles. The molecular formula is C12H22. The highest BCUT2D eigenvalue weighted by molar-refractivity contribution is 5.15. The Labute approximate surface area is 77.1 Å². The summed E-state index contributed by atoms with van der Waals surface area (Å²) in [5.41, 5.74) is 0.874. The molecule has 0 spiro atoms. The van der Waals surface area contributed by atoms with Crippen molar-refractivity contribution in [2.45, 2.75) is 41.5 Å².